The Morgan fingerprint density at radius 3 is 2.80 bits per heavy atom. The van der Waals surface area contributed by atoms with Crippen LogP contribution in [-0.4, -0.2) is 63.5 Å². The van der Waals surface area contributed by atoms with Crippen LogP contribution in [0.25, 0.3) is 0 Å². The van der Waals surface area contributed by atoms with Gasteiger partial charge < -0.3 is 14.8 Å². The molecule has 0 aromatic heterocycles. The molecular formula is C11H24N2O2. The van der Waals surface area contributed by atoms with Crippen molar-refractivity contribution in [3.63, 3.8) is 0 Å². The fourth-order valence-electron chi connectivity index (χ4n) is 1.92. The molecule has 1 saturated heterocycles. The van der Waals surface area contributed by atoms with Crippen LogP contribution in [0.5, 0.6) is 0 Å². The van der Waals surface area contributed by atoms with Crippen molar-refractivity contribution in [1.82, 2.24) is 10.2 Å². The number of hydrogen-bond donors (Lipinski definition) is 1. The van der Waals surface area contributed by atoms with E-state index in [0.29, 0.717) is 18.2 Å². The highest BCUT2D eigenvalue weighted by molar-refractivity contribution is 4.81. The van der Waals surface area contributed by atoms with Gasteiger partial charge in [0.2, 0.25) is 0 Å². The Kier molecular flexibility index (Phi) is 5.53. The molecule has 0 aromatic rings. The maximum atomic E-state index is 5.74. The molecule has 15 heavy (non-hydrogen) atoms. The van der Waals surface area contributed by atoms with Crippen molar-refractivity contribution in [2.75, 3.05) is 40.5 Å². The summed E-state index contributed by atoms with van der Waals surface area (Å²) in [4.78, 5) is 2.32. The Morgan fingerprint density at radius 1 is 1.53 bits per heavy atom. The van der Waals surface area contributed by atoms with Crippen molar-refractivity contribution >= 4 is 0 Å². The van der Waals surface area contributed by atoms with E-state index in [1.165, 1.54) is 0 Å². The fraction of sp³-hybridized carbons (Fsp3) is 1.00. The van der Waals surface area contributed by atoms with Crippen molar-refractivity contribution in [2.45, 2.75) is 32.0 Å². The molecule has 0 amide bonds. The van der Waals surface area contributed by atoms with Crippen LogP contribution in [-0.2, 0) is 9.47 Å². The lowest BCUT2D eigenvalue weighted by molar-refractivity contribution is -0.0352. The Hall–Kier alpha value is -0.160. The summed E-state index contributed by atoms with van der Waals surface area (Å²) in [5, 5.41) is 3.36. The number of methoxy groups -OCH3 is 1. The second-order valence-corrected chi connectivity index (χ2v) is 4.32. The first-order chi connectivity index (χ1) is 7.16. The van der Waals surface area contributed by atoms with Crippen molar-refractivity contribution in [3.05, 3.63) is 0 Å². The van der Waals surface area contributed by atoms with Gasteiger partial charge in [0.1, 0.15) is 0 Å². The summed E-state index contributed by atoms with van der Waals surface area (Å²) in [6.45, 7) is 7.90. The highest BCUT2D eigenvalue weighted by Crippen LogP contribution is 2.11. The molecule has 0 bridgehead atoms. The van der Waals surface area contributed by atoms with E-state index in [-0.39, 0.29) is 0 Å². The predicted molar refractivity (Wildman–Crippen MR) is 61.2 cm³/mol. The van der Waals surface area contributed by atoms with Crippen LogP contribution in [0.15, 0.2) is 0 Å². The van der Waals surface area contributed by atoms with E-state index >= 15 is 0 Å². The highest BCUT2D eigenvalue weighted by atomic mass is 16.5. The topological polar surface area (TPSA) is 33.7 Å². The first kappa shape index (κ1) is 12.9. The second kappa shape index (κ2) is 6.43. The van der Waals surface area contributed by atoms with Gasteiger partial charge in [-0.25, -0.2) is 0 Å². The second-order valence-electron chi connectivity index (χ2n) is 4.32. The lowest BCUT2D eigenvalue weighted by Gasteiger charge is -2.37. The van der Waals surface area contributed by atoms with Crippen molar-refractivity contribution in [3.8, 4) is 0 Å². The molecule has 1 N–H and O–H groups in total. The van der Waals surface area contributed by atoms with Gasteiger partial charge in [-0.2, -0.15) is 0 Å². The molecule has 3 unspecified atom stereocenters. The van der Waals surface area contributed by atoms with Crippen molar-refractivity contribution < 1.29 is 9.47 Å². The highest BCUT2D eigenvalue weighted by Gasteiger charge is 2.26. The standard InChI is InChI=1S/C11H24N2O2/c1-9(8-14-4)13(3)10(2)11-7-12-5-6-15-11/h9-12H,5-8H2,1-4H3. The Bertz CT molecular complexity index is 172. The fourth-order valence-corrected chi connectivity index (χ4v) is 1.92. The van der Waals surface area contributed by atoms with Crippen molar-refractivity contribution in [2.24, 2.45) is 0 Å². The average Bonchev–Trinajstić information content (AvgIpc) is 2.28. The summed E-state index contributed by atoms with van der Waals surface area (Å²) in [5.74, 6) is 0. The third kappa shape index (κ3) is 3.72. The molecule has 0 spiro atoms. The van der Waals surface area contributed by atoms with Crippen LogP contribution in [0.1, 0.15) is 13.8 Å². The van der Waals surface area contributed by atoms with Crippen LogP contribution in [0.2, 0.25) is 0 Å². The van der Waals surface area contributed by atoms with Gasteiger partial charge in [0.15, 0.2) is 0 Å². The third-order valence-corrected chi connectivity index (χ3v) is 3.24. The van der Waals surface area contributed by atoms with Gasteiger partial charge >= 0.3 is 0 Å². The SMILES string of the molecule is COCC(C)N(C)C(C)C1CNCCO1. The summed E-state index contributed by atoms with van der Waals surface area (Å²) < 4.78 is 10.9. The molecular weight excluding hydrogens is 192 g/mol. The number of rotatable bonds is 5. The largest absolute Gasteiger partial charge is 0.383 e. The van der Waals surface area contributed by atoms with Gasteiger partial charge in [0, 0.05) is 32.3 Å². The molecule has 1 heterocycles. The summed E-state index contributed by atoms with van der Waals surface area (Å²) >= 11 is 0. The predicted octanol–water partition coefficient (Wildman–Crippen LogP) is 0.330. The zero-order valence-electron chi connectivity index (χ0n) is 10.3. The zero-order chi connectivity index (χ0) is 11.3. The smallest absolute Gasteiger partial charge is 0.0852 e. The quantitative estimate of drug-likeness (QED) is 0.718. The summed E-state index contributed by atoms with van der Waals surface area (Å²) in [6, 6.07) is 0.846. The van der Waals surface area contributed by atoms with E-state index in [9.17, 15) is 0 Å². The first-order valence-corrected chi connectivity index (χ1v) is 5.70. The van der Waals surface area contributed by atoms with E-state index in [0.717, 1.165) is 26.3 Å². The molecule has 0 aromatic carbocycles. The molecule has 1 rings (SSSR count). The zero-order valence-corrected chi connectivity index (χ0v) is 10.3. The van der Waals surface area contributed by atoms with Gasteiger partial charge in [-0.1, -0.05) is 0 Å². The number of likely N-dealkylation sites (N-methyl/N-ethyl adjacent to an activating group) is 1. The Labute approximate surface area is 92.9 Å². The van der Waals surface area contributed by atoms with E-state index in [2.05, 4.69) is 31.1 Å². The average molecular weight is 216 g/mol. The Morgan fingerprint density at radius 2 is 2.27 bits per heavy atom. The van der Waals surface area contributed by atoms with Crippen molar-refractivity contribution in [1.29, 1.82) is 0 Å². The van der Waals surface area contributed by atoms with Crippen LogP contribution >= 0.6 is 0 Å². The number of ether oxygens (including phenoxy) is 2. The molecule has 0 radical (unpaired) electrons. The summed E-state index contributed by atoms with van der Waals surface area (Å²) in [7, 11) is 3.87. The summed E-state index contributed by atoms with van der Waals surface area (Å²) in [5.41, 5.74) is 0. The molecule has 4 nitrogen and oxygen atoms in total. The van der Waals surface area contributed by atoms with E-state index in [1.807, 2.05) is 0 Å². The Balaban J connectivity index is 2.39. The minimum Gasteiger partial charge on any atom is -0.383 e. The minimum absolute atomic E-state index is 0.294. The van der Waals surface area contributed by atoms with Gasteiger partial charge in [-0.15, -0.1) is 0 Å². The van der Waals surface area contributed by atoms with Gasteiger partial charge in [-0.05, 0) is 20.9 Å². The van der Waals surface area contributed by atoms with Gasteiger partial charge in [0.05, 0.1) is 19.3 Å². The monoisotopic (exact) mass is 216 g/mol. The van der Waals surface area contributed by atoms with Gasteiger partial charge in [-0.3, -0.25) is 4.90 Å². The summed E-state index contributed by atoms with van der Waals surface area (Å²) in [6.07, 6.45) is 0.294. The molecule has 90 valence electrons. The number of nitrogens with zero attached hydrogens (tertiary/aromatic N) is 1. The van der Waals surface area contributed by atoms with Crippen LogP contribution in [0.4, 0.5) is 0 Å². The van der Waals surface area contributed by atoms with Crippen LogP contribution in [0.3, 0.4) is 0 Å². The maximum Gasteiger partial charge on any atom is 0.0852 e. The van der Waals surface area contributed by atoms with E-state index in [4.69, 9.17) is 9.47 Å². The van der Waals surface area contributed by atoms with Gasteiger partial charge in [0.25, 0.3) is 0 Å². The third-order valence-electron chi connectivity index (χ3n) is 3.24. The number of hydrogen-bond acceptors (Lipinski definition) is 4. The first-order valence-electron chi connectivity index (χ1n) is 5.70. The van der Waals surface area contributed by atoms with E-state index in [1.54, 1.807) is 7.11 Å². The normalized spacial score (nSPS) is 26.6. The molecule has 0 saturated carbocycles. The number of morpholine rings is 1. The molecule has 1 aliphatic heterocycles. The maximum absolute atomic E-state index is 5.74. The van der Waals surface area contributed by atoms with Crippen LogP contribution < -0.4 is 5.32 Å². The van der Waals surface area contributed by atoms with E-state index < -0.39 is 0 Å². The lowest BCUT2D eigenvalue weighted by atomic mass is 10.1. The number of nitrogens with one attached hydrogen (secondary N) is 1. The molecule has 4 heteroatoms. The molecule has 1 fully saturated rings. The molecule has 0 aliphatic carbocycles. The minimum atomic E-state index is 0.294. The lowest BCUT2D eigenvalue weighted by Crippen LogP contribution is -2.52. The molecule has 1 aliphatic rings. The van der Waals surface area contributed by atoms with Crippen LogP contribution in [0, 0.1) is 0 Å². The molecule has 3 atom stereocenters.